The Balaban J connectivity index is 2.74. The van der Waals surface area contributed by atoms with Gasteiger partial charge in [-0.05, 0) is 12.1 Å². The molecule has 0 unspecified atom stereocenters. The molecule has 0 amide bonds. The normalized spacial score (nSPS) is 12.5. The van der Waals surface area contributed by atoms with E-state index < -0.39 is 15.3 Å². The summed E-state index contributed by atoms with van der Waals surface area (Å²) in [5.41, 5.74) is 7.89. The second-order valence-corrected chi connectivity index (χ2v) is 3.77. The van der Waals surface area contributed by atoms with Gasteiger partial charge >= 0.3 is 10.1 Å². The third-order valence-corrected chi connectivity index (χ3v) is 1.95. The Morgan fingerprint density at radius 2 is 1.93 bits per heavy atom. The van der Waals surface area contributed by atoms with Crippen LogP contribution >= 0.6 is 0 Å². The van der Waals surface area contributed by atoms with Crippen molar-refractivity contribution in [3.05, 3.63) is 30.3 Å². The van der Waals surface area contributed by atoms with E-state index in [9.17, 15) is 8.42 Å². The molecule has 0 aliphatic rings. The molecule has 0 aromatic heterocycles. The first-order valence-electron chi connectivity index (χ1n) is 3.62. The van der Waals surface area contributed by atoms with Crippen molar-refractivity contribution in [1.82, 2.24) is 0 Å². The number of hydrogen-bond acceptors (Lipinski definition) is 4. The smallest absolute Gasteiger partial charge is 0.329 e. The number of rotatable bonds is 2. The molecule has 4 N–H and O–H groups in total. The van der Waals surface area contributed by atoms with Gasteiger partial charge in [0.25, 0.3) is 5.17 Å². The number of para-hydroxylation sites is 1. The van der Waals surface area contributed by atoms with Crippen molar-refractivity contribution in [2.45, 2.75) is 0 Å². The van der Waals surface area contributed by atoms with Crippen LogP contribution in [0.4, 0.5) is 5.69 Å². The number of benzene rings is 1. The summed E-state index contributed by atoms with van der Waals surface area (Å²) in [7, 11) is -4.41. The van der Waals surface area contributed by atoms with Crippen molar-refractivity contribution in [1.29, 1.82) is 0 Å². The fourth-order valence-corrected chi connectivity index (χ4v) is 0.851. The van der Waals surface area contributed by atoms with E-state index in [-0.39, 0.29) is 0 Å². The third kappa shape index (κ3) is 3.04. The topological polar surface area (TPSA) is 105 Å². The second-order valence-electron chi connectivity index (χ2n) is 2.40. The summed E-state index contributed by atoms with van der Waals surface area (Å²) in [5.74, 6) is 0. The molecule has 1 rings (SSSR count). The maximum atomic E-state index is 10.4. The molecule has 0 saturated carbocycles. The van der Waals surface area contributed by atoms with E-state index in [1.54, 1.807) is 30.3 Å². The minimum Gasteiger partial charge on any atom is -0.371 e. The first-order chi connectivity index (χ1) is 6.50. The molecule has 0 heterocycles. The van der Waals surface area contributed by atoms with Gasteiger partial charge in [0.05, 0.1) is 5.69 Å². The molecule has 0 fully saturated rings. The second kappa shape index (κ2) is 4.07. The first-order valence-corrected chi connectivity index (χ1v) is 5.06. The summed E-state index contributed by atoms with van der Waals surface area (Å²) in [4.78, 5) is 0. The van der Waals surface area contributed by atoms with Crippen LogP contribution in [-0.2, 0) is 10.1 Å². The van der Waals surface area contributed by atoms with Gasteiger partial charge in [-0.15, -0.1) is 5.10 Å². The number of nitrogens with one attached hydrogen (secondary N) is 1. The molecule has 0 bridgehead atoms. The zero-order chi connectivity index (χ0) is 10.6. The number of amidine groups is 1. The summed E-state index contributed by atoms with van der Waals surface area (Å²) >= 11 is 0. The molecular weight excluding hydrogens is 206 g/mol. The first kappa shape index (κ1) is 10.5. The number of nitrogens with zero attached hydrogens (tertiary/aromatic N) is 1. The van der Waals surface area contributed by atoms with Gasteiger partial charge in [-0.3, -0.25) is 9.98 Å². The van der Waals surface area contributed by atoms with Crippen LogP contribution in [0.3, 0.4) is 0 Å². The van der Waals surface area contributed by atoms with E-state index in [0.29, 0.717) is 5.69 Å². The molecule has 1 aromatic rings. The van der Waals surface area contributed by atoms with Crippen LogP contribution in [0, 0.1) is 0 Å². The number of anilines is 1. The lowest BCUT2D eigenvalue weighted by Crippen LogP contribution is -2.24. The lowest BCUT2D eigenvalue weighted by atomic mass is 10.3. The van der Waals surface area contributed by atoms with E-state index in [1.807, 2.05) is 0 Å². The summed E-state index contributed by atoms with van der Waals surface area (Å²) in [5, 5.41) is 2.40. The fourth-order valence-electron chi connectivity index (χ4n) is 0.690. The molecule has 0 saturated heterocycles. The Bertz CT molecular complexity index is 427. The number of hydrazone groups is 1. The minimum atomic E-state index is -4.41. The van der Waals surface area contributed by atoms with Crippen molar-refractivity contribution < 1.29 is 13.0 Å². The predicted octanol–water partition coefficient (Wildman–Crippen LogP) is 0.216. The van der Waals surface area contributed by atoms with Crippen LogP contribution in [0.2, 0.25) is 0 Å². The van der Waals surface area contributed by atoms with Crippen molar-refractivity contribution in [3.8, 4) is 0 Å². The summed E-state index contributed by atoms with van der Waals surface area (Å²) in [6, 6.07) is 8.60. The Morgan fingerprint density at radius 3 is 2.43 bits per heavy atom. The van der Waals surface area contributed by atoms with E-state index in [1.165, 1.54) is 0 Å². The van der Waals surface area contributed by atoms with Crippen molar-refractivity contribution in [2.75, 3.05) is 5.43 Å². The highest BCUT2D eigenvalue weighted by atomic mass is 32.2. The van der Waals surface area contributed by atoms with Crippen molar-refractivity contribution >= 4 is 21.0 Å². The van der Waals surface area contributed by atoms with Crippen LogP contribution in [0.15, 0.2) is 35.4 Å². The Kier molecular flexibility index (Phi) is 3.05. The molecule has 1 aromatic carbocycles. The highest BCUT2D eigenvalue weighted by molar-refractivity contribution is 8.01. The van der Waals surface area contributed by atoms with Gasteiger partial charge in [0, 0.05) is 0 Å². The zero-order valence-corrected chi connectivity index (χ0v) is 7.90. The van der Waals surface area contributed by atoms with Crippen molar-refractivity contribution in [2.24, 2.45) is 10.8 Å². The fraction of sp³-hybridized carbons (Fsp3) is 0. The monoisotopic (exact) mass is 215 g/mol. The van der Waals surface area contributed by atoms with Gasteiger partial charge in [-0.2, -0.15) is 8.42 Å². The van der Waals surface area contributed by atoms with E-state index in [4.69, 9.17) is 10.3 Å². The Labute approximate surface area is 81.2 Å². The van der Waals surface area contributed by atoms with Gasteiger partial charge in [0.15, 0.2) is 0 Å². The Morgan fingerprint density at radius 1 is 1.36 bits per heavy atom. The molecular formula is C7H9N3O3S. The van der Waals surface area contributed by atoms with Gasteiger partial charge in [-0.25, -0.2) is 0 Å². The molecule has 14 heavy (non-hydrogen) atoms. The highest BCUT2D eigenvalue weighted by Gasteiger charge is 2.10. The minimum absolute atomic E-state index is 0.569. The summed E-state index contributed by atoms with van der Waals surface area (Å²) in [6.07, 6.45) is 0. The lowest BCUT2D eigenvalue weighted by molar-refractivity contribution is 0.497. The standard InChI is InChI=1S/C7H9N3O3S/c8-7(14(11,12)13)10-9-6-4-2-1-3-5-6/h1-5,9H,(H2,8,10)(H,11,12,13). The van der Waals surface area contributed by atoms with E-state index >= 15 is 0 Å². The number of nitrogens with two attached hydrogens (primary N) is 1. The highest BCUT2D eigenvalue weighted by Crippen LogP contribution is 2.04. The molecule has 0 aliphatic heterocycles. The quantitative estimate of drug-likeness (QED) is 0.283. The van der Waals surface area contributed by atoms with Crippen LogP contribution in [0.1, 0.15) is 0 Å². The van der Waals surface area contributed by atoms with Gasteiger partial charge in [0.1, 0.15) is 0 Å². The molecule has 0 spiro atoms. The molecule has 76 valence electrons. The molecule has 0 aliphatic carbocycles. The maximum absolute atomic E-state index is 10.4. The van der Waals surface area contributed by atoms with Crippen LogP contribution in [-0.4, -0.2) is 18.1 Å². The SMILES string of the molecule is N/C(=N\Nc1ccccc1)S(=O)(=O)O. The third-order valence-electron chi connectivity index (χ3n) is 1.33. The average molecular weight is 215 g/mol. The van der Waals surface area contributed by atoms with Gasteiger partial charge in [-0.1, -0.05) is 18.2 Å². The largest absolute Gasteiger partial charge is 0.371 e. The molecule has 6 nitrogen and oxygen atoms in total. The van der Waals surface area contributed by atoms with Gasteiger partial charge in [0.2, 0.25) is 0 Å². The van der Waals surface area contributed by atoms with Crippen molar-refractivity contribution in [3.63, 3.8) is 0 Å². The molecule has 0 atom stereocenters. The average Bonchev–Trinajstić information content (AvgIpc) is 2.14. The van der Waals surface area contributed by atoms with E-state index in [2.05, 4.69) is 10.5 Å². The van der Waals surface area contributed by atoms with Gasteiger partial charge < -0.3 is 5.73 Å². The summed E-state index contributed by atoms with van der Waals surface area (Å²) in [6.45, 7) is 0. The predicted molar refractivity (Wildman–Crippen MR) is 53.2 cm³/mol. The van der Waals surface area contributed by atoms with E-state index in [0.717, 1.165) is 0 Å². The number of hydrogen-bond donors (Lipinski definition) is 3. The van der Waals surface area contributed by atoms with Crippen LogP contribution in [0.25, 0.3) is 0 Å². The van der Waals surface area contributed by atoms with Crippen LogP contribution < -0.4 is 11.2 Å². The Hall–Kier alpha value is -1.60. The van der Waals surface area contributed by atoms with Crippen LogP contribution in [0.5, 0.6) is 0 Å². The molecule has 7 heteroatoms. The zero-order valence-electron chi connectivity index (χ0n) is 7.08. The maximum Gasteiger partial charge on any atom is 0.329 e. The molecule has 0 radical (unpaired) electrons. The lowest BCUT2D eigenvalue weighted by Gasteiger charge is -1.99. The summed E-state index contributed by atoms with van der Waals surface area (Å²) < 4.78 is 29.3.